The predicted octanol–water partition coefficient (Wildman–Crippen LogP) is 2.92. The molecule has 2 aromatic rings. The third-order valence-electron chi connectivity index (χ3n) is 3.31. The van der Waals surface area contributed by atoms with Crippen molar-refractivity contribution < 1.29 is 13.3 Å². The molecule has 116 valence electrons. The summed E-state index contributed by atoms with van der Waals surface area (Å²) in [5, 5.41) is 13.8. The lowest BCUT2D eigenvalue weighted by Crippen LogP contribution is -2.07. The number of nitrogens with zero attached hydrogens (tertiary/aromatic N) is 1. The van der Waals surface area contributed by atoms with E-state index >= 15 is 0 Å². The number of aryl methyl sites for hydroxylation is 1. The van der Waals surface area contributed by atoms with Gasteiger partial charge in [-0.15, -0.1) is 0 Å². The van der Waals surface area contributed by atoms with Gasteiger partial charge in [-0.1, -0.05) is 24.3 Å². The summed E-state index contributed by atoms with van der Waals surface area (Å²) in [6, 6.07) is 11.5. The SMILES string of the molecule is Cc1ccccc1CNc1ccc([N+](=O)[O-])cc1S(C)(=O)=O. The number of anilines is 1. The van der Waals surface area contributed by atoms with Crippen LogP contribution in [0.5, 0.6) is 0 Å². The van der Waals surface area contributed by atoms with Gasteiger partial charge in [-0.25, -0.2) is 8.42 Å². The van der Waals surface area contributed by atoms with Crippen molar-refractivity contribution in [1.29, 1.82) is 0 Å². The van der Waals surface area contributed by atoms with Gasteiger partial charge in [0.25, 0.3) is 5.69 Å². The fraction of sp³-hybridized carbons (Fsp3) is 0.200. The van der Waals surface area contributed by atoms with Crippen LogP contribution >= 0.6 is 0 Å². The molecule has 0 saturated heterocycles. The zero-order valence-corrected chi connectivity index (χ0v) is 13.1. The highest BCUT2D eigenvalue weighted by molar-refractivity contribution is 7.90. The molecule has 2 aromatic carbocycles. The largest absolute Gasteiger partial charge is 0.380 e. The molecule has 6 nitrogen and oxygen atoms in total. The molecular formula is C15H16N2O4S. The highest BCUT2D eigenvalue weighted by Crippen LogP contribution is 2.27. The van der Waals surface area contributed by atoms with Crippen molar-refractivity contribution >= 4 is 21.2 Å². The van der Waals surface area contributed by atoms with E-state index in [1.807, 2.05) is 31.2 Å². The van der Waals surface area contributed by atoms with Crippen molar-refractivity contribution in [1.82, 2.24) is 0 Å². The van der Waals surface area contributed by atoms with Gasteiger partial charge < -0.3 is 5.32 Å². The van der Waals surface area contributed by atoms with Crippen molar-refractivity contribution in [3.63, 3.8) is 0 Å². The lowest BCUT2D eigenvalue weighted by atomic mass is 10.1. The summed E-state index contributed by atoms with van der Waals surface area (Å²) in [6.45, 7) is 2.40. The molecule has 0 aliphatic heterocycles. The van der Waals surface area contributed by atoms with Crippen molar-refractivity contribution in [3.8, 4) is 0 Å². The first-order chi connectivity index (χ1) is 10.3. The van der Waals surface area contributed by atoms with Crippen molar-refractivity contribution in [2.75, 3.05) is 11.6 Å². The molecule has 0 heterocycles. The van der Waals surface area contributed by atoms with Crippen LogP contribution in [0.4, 0.5) is 11.4 Å². The molecule has 0 atom stereocenters. The summed E-state index contributed by atoms with van der Waals surface area (Å²) in [5.41, 5.74) is 2.22. The van der Waals surface area contributed by atoms with Gasteiger partial charge in [0, 0.05) is 24.9 Å². The van der Waals surface area contributed by atoms with Crippen LogP contribution in [0.15, 0.2) is 47.4 Å². The first-order valence-electron chi connectivity index (χ1n) is 6.56. The Hall–Kier alpha value is -2.41. The lowest BCUT2D eigenvalue weighted by Gasteiger charge is -2.12. The number of nitro benzene ring substituents is 1. The van der Waals surface area contributed by atoms with Gasteiger partial charge in [0.2, 0.25) is 0 Å². The Morgan fingerprint density at radius 2 is 1.86 bits per heavy atom. The molecule has 0 saturated carbocycles. The molecule has 7 heteroatoms. The maximum Gasteiger partial charge on any atom is 0.270 e. The van der Waals surface area contributed by atoms with Crippen LogP contribution in [-0.4, -0.2) is 19.6 Å². The summed E-state index contributed by atoms with van der Waals surface area (Å²) < 4.78 is 23.7. The average molecular weight is 320 g/mol. The van der Waals surface area contributed by atoms with E-state index < -0.39 is 14.8 Å². The van der Waals surface area contributed by atoms with Gasteiger partial charge in [-0.05, 0) is 24.1 Å². The monoisotopic (exact) mass is 320 g/mol. The maximum atomic E-state index is 11.8. The lowest BCUT2D eigenvalue weighted by molar-refractivity contribution is -0.385. The Bertz CT molecular complexity index is 816. The van der Waals surface area contributed by atoms with E-state index in [-0.39, 0.29) is 10.6 Å². The highest BCUT2D eigenvalue weighted by Gasteiger charge is 2.18. The maximum absolute atomic E-state index is 11.8. The molecule has 1 N–H and O–H groups in total. The van der Waals surface area contributed by atoms with Crippen LogP contribution in [0.25, 0.3) is 0 Å². The molecule has 22 heavy (non-hydrogen) atoms. The normalized spacial score (nSPS) is 11.2. The van der Waals surface area contributed by atoms with Gasteiger partial charge in [0.1, 0.15) is 0 Å². The molecule has 0 aliphatic carbocycles. The van der Waals surface area contributed by atoms with E-state index in [4.69, 9.17) is 0 Å². The van der Waals surface area contributed by atoms with Crippen LogP contribution in [0, 0.1) is 17.0 Å². The topological polar surface area (TPSA) is 89.3 Å². The smallest absolute Gasteiger partial charge is 0.270 e. The van der Waals surface area contributed by atoms with Gasteiger partial charge in [0.15, 0.2) is 9.84 Å². The van der Waals surface area contributed by atoms with E-state index in [1.165, 1.54) is 12.1 Å². The summed E-state index contributed by atoms with van der Waals surface area (Å²) in [6.07, 6.45) is 1.03. The fourth-order valence-corrected chi connectivity index (χ4v) is 2.95. The number of rotatable bonds is 5. The molecule has 0 aromatic heterocycles. The van der Waals surface area contributed by atoms with Crippen LogP contribution in [0.3, 0.4) is 0 Å². The first-order valence-corrected chi connectivity index (χ1v) is 8.45. The Balaban J connectivity index is 2.35. The van der Waals surface area contributed by atoms with Gasteiger partial charge in [-0.2, -0.15) is 0 Å². The second kappa shape index (κ2) is 6.15. The fourth-order valence-electron chi connectivity index (χ4n) is 2.08. The number of non-ortho nitro benzene ring substituents is 1. The number of sulfone groups is 1. The molecule has 0 unspecified atom stereocenters. The van der Waals surface area contributed by atoms with Crippen LogP contribution in [0.1, 0.15) is 11.1 Å². The van der Waals surface area contributed by atoms with Crippen molar-refractivity contribution in [2.45, 2.75) is 18.4 Å². The Morgan fingerprint density at radius 1 is 1.18 bits per heavy atom. The number of nitro groups is 1. The van der Waals surface area contributed by atoms with E-state index in [0.717, 1.165) is 23.4 Å². The van der Waals surface area contributed by atoms with Crippen LogP contribution < -0.4 is 5.32 Å². The predicted molar refractivity (Wildman–Crippen MR) is 84.7 cm³/mol. The molecule has 0 fully saturated rings. The number of nitrogens with one attached hydrogen (secondary N) is 1. The van der Waals surface area contributed by atoms with Gasteiger partial charge in [0.05, 0.1) is 15.5 Å². The Labute approximate surface area is 128 Å². The third kappa shape index (κ3) is 3.62. The standard InChI is InChI=1S/C15H16N2O4S/c1-11-5-3-4-6-12(11)10-16-14-8-7-13(17(18)19)9-15(14)22(2,20)21/h3-9,16H,10H2,1-2H3. The second-order valence-electron chi connectivity index (χ2n) is 4.99. The first kappa shape index (κ1) is 16.0. The quantitative estimate of drug-likeness (QED) is 0.676. The molecule has 0 aliphatic rings. The van der Waals surface area contributed by atoms with E-state index in [9.17, 15) is 18.5 Å². The van der Waals surface area contributed by atoms with Crippen molar-refractivity contribution in [2.24, 2.45) is 0 Å². The van der Waals surface area contributed by atoms with Crippen LogP contribution in [0.2, 0.25) is 0 Å². The van der Waals surface area contributed by atoms with Crippen LogP contribution in [-0.2, 0) is 16.4 Å². The average Bonchev–Trinajstić information content (AvgIpc) is 2.45. The van der Waals surface area contributed by atoms with Gasteiger partial charge >= 0.3 is 0 Å². The van der Waals surface area contributed by atoms with E-state index in [0.29, 0.717) is 12.2 Å². The summed E-state index contributed by atoms with van der Waals surface area (Å²) in [7, 11) is -3.57. The van der Waals surface area contributed by atoms with Gasteiger partial charge in [-0.3, -0.25) is 10.1 Å². The second-order valence-corrected chi connectivity index (χ2v) is 6.97. The minimum Gasteiger partial charge on any atom is -0.380 e. The molecule has 0 amide bonds. The minimum atomic E-state index is -3.57. The number of benzene rings is 2. The molecular weight excluding hydrogens is 304 g/mol. The molecule has 2 rings (SSSR count). The minimum absolute atomic E-state index is 0.0738. The number of hydrogen-bond donors (Lipinski definition) is 1. The van der Waals surface area contributed by atoms with E-state index in [1.54, 1.807) is 0 Å². The van der Waals surface area contributed by atoms with Crippen molar-refractivity contribution in [3.05, 3.63) is 63.7 Å². The van der Waals surface area contributed by atoms with E-state index in [2.05, 4.69) is 5.32 Å². The molecule has 0 bridgehead atoms. The Morgan fingerprint density at radius 3 is 2.45 bits per heavy atom. The third-order valence-corrected chi connectivity index (χ3v) is 4.44. The number of hydrogen-bond acceptors (Lipinski definition) is 5. The molecule has 0 spiro atoms. The zero-order chi connectivity index (χ0) is 16.3. The molecule has 0 radical (unpaired) electrons. The zero-order valence-electron chi connectivity index (χ0n) is 12.2. The summed E-state index contributed by atoms with van der Waals surface area (Å²) >= 11 is 0. The summed E-state index contributed by atoms with van der Waals surface area (Å²) in [4.78, 5) is 10.1. The Kier molecular flexibility index (Phi) is 4.46. The summed E-state index contributed by atoms with van der Waals surface area (Å²) in [5.74, 6) is 0. The highest BCUT2D eigenvalue weighted by atomic mass is 32.2.